The van der Waals surface area contributed by atoms with Crippen LogP contribution in [0.1, 0.15) is 44.2 Å². The highest BCUT2D eigenvalue weighted by atomic mass is 16.6. The van der Waals surface area contributed by atoms with Crippen LogP contribution < -0.4 is 0 Å². The minimum absolute atomic E-state index is 0.234. The molecule has 0 fully saturated rings. The highest BCUT2D eigenvalue weighted by Crippen LogP contribution is 2.21. The van der Waals surface area contributed by atoms with Gasteiger partial charge in [-0.2, -0.15) is 0 Å². The Bertz CT molecular complexity index is 432. The molecule has 0 saturated carbocycles. The van der Waals surface area contributed by atoms with Crippen LogP contribution in [0.4, 0.5) is 5.69 Å². The van der Waals surface area contributed by atoms with Crippen molar-refractivity contribution in [2.24, 2.45) is 0 Å². The van der Waals surface area contributed by atoms with E-state index in [0.29, 0.717) is 0 Å². The minimum Gasteiger partial charge on any atom is -0.303 e. The van der Waals surface area contributed by atoms with Crippen LogP contribution in [0.2, 0.25) is 0 Å². The summed E-state index contributed by atoms with van der Waals surface area (Å²) in [5.74, 6) is 0. The Labute approximate surface area is 121 Å². The molecule has 0 bridgehead atoms. The van der Waals surface area contributed by atoms with E-state index in [0.717, 1.165) is 43.6 Å². The summed E-state index contributed by atoms with van der Waals surface area (Å²) < 4.78 is 0. The van der Waals surface area contributed by atoms with E-state index in [2.05, 4.69) is 18.7 Å². The Balaban J connectivity index is 2.67. The van der Waals surface area contributed by atoms with Gasteiger partial charge in [-0.1, -0.05) is 32.4 Å². The molecule has 0 aliphatic rings. The molecule has 0 N–H and O–H groups in total. The number of nitrogens with zero attached hydrogens (tertiary/aromatic N) is 2. The van der Waals surface area contributed by atoms with Gasteiger partial charge in [-0.05, 0) is 44.8 Å². The van der Waals surface area contributed by atoms with E-state index >= 15 is 0 Å². The number of benzene rings is 1. The molecule has 0 unspecified atom stereocenters. The number of nitro benzene ring substituents is 1. The fraction of sp³-hybridized carbons (Fsp3) is 0.625. The lowest BCUT2D eigenvalue weighted by molar-refractivity contribution is -0.385. The Morgan fingerprint density at radius 3 is 2.50 bits per heavy atom. The molecule has 0 aliphatic carbocycles. The van der Waals surface area contributed by atoms with Crippen LogP contribution in [0.5, 0.6) is 0 Å². The molecule has 1 aromatic rings. The number of rotatable bonds is 9. The average molecular weight is 278 g/mol. The molecule has 1 aromatic carbocycles. The third-order valence-corrected chi connectivity index (χ3v) is 3.68. The third kappa shape index (κ3) is 4.93. The summed E-state index contributed by atoms with van der Waals surface area (Å²) in [6, 6.07) is 5.38. The molecule has 20 heavy (non-hydrogen) atoms. The van der Waals surface area contributed by atoms with Gasteiger partial charge >= 0.3 is 0 Å². The smallest absolute Gasteiger partial charge is 0.272 e. The zero-order valence-corrected chi connectivity index (χ0v) is 12.9. The second-order valence-electron chi connectivity index (χ2n) is 5.26. The van der Waals surface area contributed by atoms with Crippen molar-refractivity contribution in [2.45, 2.75) is 46.5 Å². The summed E-state index contributed by atoms with van der Waals surface area (Å²) in [5, 5.41) is 11.0. The van der Waals surface area contributed by atoms with Gasteiger partial charge in [0.2, 0.25) is 0 Å². The molecule has 112 valence electrons. The highest BCUT2D eigenvalue weighted by Gasteiger charge is 2.13. The molecule has 4 heteroatoms. The fourth-order valence-corrected chi connectivity index (χ4v) is 2.45. The van der Waals surface area contributed by atoms with Crippen molar-refractivity contribution in [1.29, 1.82) is 0 Å². The van der Waals surface area contributed by atoms with Crippen LogP contribution in [0, 0.1) is 17.0 Å². The standard InChI is InChI=1S/C16H26N2O2/c1-4-6-12-17(11-5-2)13-10-15-8-7-9-16(14(15)3)18(19)20/h7-9H,4-6,10-13H2,1-3H3. The van der Waals surface area contributed by atoms with Gasteiger partial charge in [0.15, 0.2) is 0 Å². The maximum atomic E-state index is 11.0. The predicted molar refractivity (Wildman–Crippen MR) is 83.2 cm³/mol. The first-order chi connectivity index (χ1) is 9.60. The lowest BCUT2D eigenvalue weighted by atomic mass is 10.0. The lowest BCUT2D eigenvalue weighted by Gasteiger charge is -2.21. The first-order valence-corrected chi connectivity index (χ1v) is 7.55. The van der Waals surface area contributed by atoms with Crippen LogP contribution in [0.15, 0.2) is 18.2 Å². The van der Waals surface area contributed by atoms with Crippen molar-refractivity contribution in [3.63, 3.8) is 0 Å². The van der Waals surface area contributed by atoms with E-state index < -0.39 is 0 Å². The van der Waals surface area contributed by atoms with E-state index in [1.807, 2.05) is 13.0 Å². The van der Waals surface area contributed by atoms with Crippen molar-refractivity contribution in [1.82, 2.24) is 4.90 Å². The fourth-order valence-electron chi connectivity index (χ4n) is 2.45. The number of nitro groups is 1. The zero-order chi connectivity index (χ0) is 15.0. The maximum Gasteiger partial charge on any atom is 0.272 e. The quantitative estimate of drug-likeness (QED) is 0.507. The summed E-state index contributed by atoms with van der Waals surface area (Å²) in [4.78, 5) is 13.1. The normalized spacial score (nSPS) is 11.0. The molecular weight excluding hydrogens is 252 g/mol. The van der Waals surface area contributed by atoms with E-state index in [-0.39, 0.29) is 10.6 Å². The van der Waals surface area contributed by atoms with E-state index in [1.165, 1.54) is 12.8 Å². The maximum absolute atomic E-state index is 11.0. The van der Waals surface area contributed by atoms with Crippen molar-refractivity contribution in [3.8, 4) is 0 Å². The molecule has 0 heterocycles. The molecule has 0 spiro atoms. The minimum atomic E-state index is -0.292. The van der Waals surface area contributed by atoms with Crippen LogP contribution in [0.3, 0.4) is 0 Å². The Kier molecular flexibility index (Phi) is 7.23. The van der Waals surface area contributed by atoms with Gasteiger partial charge in [0.25, 0.3) is 5.69 Å². The molecule has 1 rings (SSSR count). The Morgan fingerprint density at radius 2 is 1.90 bits per heavy atom. The SMILES string of the molecule is CCCCN(CCC)CCc1cccc([N+](=O)[O-])c1C. The molecule has 0 aliphatic heterocycles. The second kappa shape index (κ2) is 8.69. The zero-order valence-electron chi connectivity index (χ0n) is 12.9. The van der Waals surface area contributed by atoms with Crippen LogP contribution in [-0.2, 0) is 6.42 Å². The molecule has 4 nitrogen and oxygen atoms in total. The Hall–Kier alpha value is -1.42. The largest absolute Gasteiger partial charge is 0.303 e. The van der Waals surface area contributed by atoms with Crippen molar-refractivity contribution < 1.29 is 4.92 Å². The van der Waals surface area contributed by atoms with E-state index in [1.54, 1.807) is 12.1 Å². The van der Waals surface area contributed by atoms with E-state index in [9.17, 15) is 10.1 Å². The van der Waals surface area contributed by atoms with Gasteiger partial charge in [0.1, 0.15) is 0 Å². The molecule has 0 radical (unpaired) electrons. The topological polar surface area (TPSA) is 46.4 Å². The van der Waals surface area contributed by atoms with Gasteiger partial charge in [-0.3, -0.25) is 10.1 Å². The van der Waals surface area contributed by atoms with Gasteiger partial charge in [0, 0.05) is 18.2 Å². The van der Waals surface area contributed by atoms with Gasteiger partial charge < -0.3 is 4.90 Å². The molecule has 0 saturated heterocycles. The second-order valence-corrected chi connectivity index (χ2v) is 5.26. The molecule has 0 atom stereocenters. The number of hydrogen-bond donors (Lipinski definition) is 0. The van der Waals surface area contributed by atoms with Gasteiger partial charge in [-0.25, -0.2) is 0 Å². The van der Waals surface area contributed by atoms with Crippen LogP contribution in [0.25, 0.3) is 0 Å². The number of hydrogen-bond acceptors (Lipinski definition) is 3. The highest BCUT2D eigenvalue weighted by molar-refractivity contribution is 5.44. The summed E-state index contributed by atoms with van der Waals surface area (Å²) in [5.41, 5.74) is 2.14. The van der Waals surface area contributed by atoms with Gasteiger partial charge in [0.05, 0.1) is 4.92 Å². The molecule has 0 amide bonds. The monoisotopic (exact) mass is 278 g/mol. The van der Waals surface area contributed by atoms with Crippen molar-refractivity contribution in [3.05, 3.63) is 39.4 Å². The average Bonchev–Trinajstić information content (AvgIpc) is 2.42. The first kappa shape index (κ1) is 16.6. The summed E-state index contributed by atoms with van der Waals surface area (Å²) >= 11 is 0. The Morgan fingerprint density at radius 1 is 1.15 bits per heavy atom. The van der Waals surface area contributed by atoms with Crippen LogP contribution in [-0.4, -0.2) is 29.5 Å². The van der Waals surface area contributed by atoms with Crippen LogP contribution >= 0.6 is 0 Å². The first-order valence-electron chi connectivity index (χ1n) is 7.55. The summed E-state index contributed by atoms with van der Waals surface area (Å²) in [7, 11) is 0. The van der Waals surface area contributed by atoms with Crippen molar-refractivity contribution in [2.75, 3.05) is 19.6 Å². The van der Waals surface area contributed by atoms with Gasteiger partial charge in [-0.15, -0.1) is 0 Å². The predicted octanol–water partition coefficient (Wildman–Crippen LogP) is 3.96. The summed E-state index contributed by atoms with van der Waals surface area (Å²) in [6.45, 7) is 9.46. The molecular formula is C16H26N2O2. The lowest BCUT2D eigenvalue weighted by Crippen LogP contribution is -2.28. The number of unbranched alkanes of at least 4 members (excludes halogenated alkanes) is 1. The molecule has 0 aromatic heterocycles. The van der Waals surface area contributed by atoms with E-state index in [4.69, 9.17) is 0 Å². The van der Waals surface area contributed by atoms with Crippen molar-refractivity contribution >= 4 is 5.69 Å². The third-order valence-electron chi connectivity index (χ3n) is 3.68. The summed E-state index contributed by atoms with van der Waals surface area (Å²) in [6.07, 6.45) is 4.46.